The maximum Gasteiger partial charge on any atom is 0.326 e. The van der Waals surface area contributed by atoms with Crippen molar-refractivity contribution in [1.82, 2.24) is 15.1 Å². The van der Waals surface area contributed by atoms with Gasteiger partial charge in [0.1, 0.15) is 6.04 Å². The van der Waals surface area contributed by atoms with Crippen LogP contribution in [0.5, 0.6) is 0 Å². The average molecular weight is 243 g/mol. The monoisotopic (exact) mass is 243 g/mol. The molecule has 2 aliphatic rings. The minimum absolute atomic E-state index is 0.111. The van der Waals surface area contributed by atoms with Gasteiger partial charge in [-0.25, -0.2) is 9.59 Å². The predicted molar refractivity (Wildman–Crippen MR) is 58.6 cm³/mol. The van der Waals surface area contributed by atoms with Crippen LogP contribution in [0.25, 0.3) is 0 Å². The van der Waals surface area contributed by atoms with Gasteiger partial charge >= 0.3 is 12.0 Å². The molecule has 2 fully saturated rings. The minimum Gasteiger partial charge on any atom is -0.480 e. The molecule has 17 heavy (non-hydrogen) atoms. The molecule has 2 saturated heterocycles. The van der Waals surface area contributed by atoms with Gasteiger partial charge in [-0.15, -0.1) is 0 Å². The van der Waals surface area contributed by atoms with Gasteiger partial charge in [0.15, 0.2) is 0 Å². The molecular weight excluding hydrogens is 226 g/mol. The largest absolute Gasteiger partial charge is 0.480 e. The third kappa shape index (κ3) is 2.50. The van der Waals surface area contributed by atoms with Crippen LogP contribution in [0.1, 0.15) is 6.42 Å². The fraction of sp³-hybridized carbons (Fsp3) is 0.800. The maximum atomic E-state index is 12.1. The van der Waals surface area contributed by atoms with Crippen LogP contribution in [0.15, 0.2) is 0 Å². The molecule has 0 aromatic rings. The first-order chi connectivity index (χ1) is 8.09. The fourth-order valence-corrected chi connectivity index (χ4v) is 2.30. The molecule has 0 aromatic heterocycles. The summed E-state index contributed by atoms with van der Waals surface area (Å²) in [7, 11) is 0. The Balaban J connectivity index is 2.04. The molecule has 0 aromatic carbocycles. The number of aliphatic hydroxyl groups excluding tert-OH is 1. The van der Waals surface area contributed by atoms with E-state index in [4.69, 9.17) is 5.11 Å². The number of nitrogens with zero attached hydrogens (tertiary/aromatic N) is 2. The van der Waals surface area contributed by atoms with Crippen LogP contribution in [0.2, 0.25) is 0 Å². The van der Waals surface area contributed by atoms with Gasteiger partial charge in [-0.3, -0.25) is 0 Å². The smallest absolute Gasteiger partial charge is 0.326 e. The lowest BCUT2D eigenvalue weighted by Gasteiger charge is -2.32. The van der Waals surface area contributed by atoms with Crippen molar-refractivity contribution in [2.24, 2.45) is 0 Å². The number of hydrogen-bond acceptors (Lipinski definition) is 4. The molecule has 0 aliphatic carbocycles. The van der Waals surface area contributed by atoms with Gasteiger partial charge in [0, 0.05) is 39.1 Å². The summed E-state index contributed by atoms with van der Waals surface area (Å²) < 4.78 is 0. The van der Waals surface area contributed by atoms with Gasteiger partial charge in [-0.2, -0.15) is 0 Å². The van der Waals surface area contributed by atoms with Crippen molar-refractivity contribution < 1.29 is 19.8 Å². The Bertz CT molecular complexity index is 317. The van der Waals surface area contributed by atoms with E-state index in [-0.39, 0.29) is 19.0 Å². The molecule has 96 valence electrons. The van der Waals surface area contributed by atoms with E-state index in [0.29, 0.717) is 13.1 Å². The summed E-state index contributed by atoms with van der Waals surface area (Å²) in [6.45, 7) is 2.72. The number of amides is 2. The first-order valence-corrected chi connectivity index (χ1v) is 5.76. The molecule has 2 rings (SSSR count). The zero-order chi connectivity index (χ0) is 12.4. The maximum absolute atomic E-state index is 12.1. The van der Waals surface area contributed by atoms with Crippen molar-refractivity contribution in [2.75, 3.05) is 32.7 Å². The molecule has 3 N–H and O–H groups in total. The summed E-state index contributed by atoms with van der Waals surface area (Å²) in [5, 5.41) is 21.6. The van der Waals surface area contributed by atoms with Crippen LogP contribution in [0.4, 0.5) is 4.79 Å². The number of rotatable bonds is 1. The standard InChI is InChI=1S/C10H17N3O4/c14-7-5-8(9(15)16)13(6-7)10(17)12-3-1-11-2-4-12/h7-8,11,14H,1-6H2,(H,15,16)/t7-,8-/m1/s1. The number of carboxylic acids is 1. The molecule has 0 radical (unpaired) electrons. The van der Waals surface area contributed by atoms with Gasteiger partial charge in [-0.05, 0) is 0 Å². The van der Waals surface area contributed by atoms with Gasteiger partial charge in [0.25, 0.3) is 0 Å². The van der Waals surface area contributed by atoms with Gasteiger partial charge < -0.3 is 25.3 Å². The Morgan fingerprint density at radius 3 is 2.47 bits per heavy atom. The zero-order valence-electron chi connectivity index (χ0n) is 9.50. The molecule has 0 saturated carbocycles. The predicted octanol–water partition coefficient (Wildman–Crippen LogP) is -1.47. The summed E-state index contributed by atoms with van der Waals surface area (Å²) in [6, 6.07) is -1.18. The van der Waals surface area contributed by atoms with E-state index in [1.165, 1.54) is 4.90 Å². The van der Waals surface area contributed by atoms with Crippen molar-refractivity contribution in [2.45, 2.75) is 18.6 Å². The van der Waals surface area contributed by atoms with Crippen LogP contribution in [0.3, 0.4) is 0 Å². The van der Waals surface area contributed by atoms with E-state index in [2.05, 4.69) is 5.32 Å². The Morgan fingerprint density at radius 2 is 1.88 bits per heavy atom. The van der Waals surface area contributed by atoms with Crippen molar-refractivity contribution in [3.63, 3.8) is 0 Å². The van der Waals surface area contributed by atoms with Crippen molar-refractivity contribution in [3.8, 4) is 0 Å². The highest BCUT2D eigenvalue weighted by molar-refractivity contribution is 5.83. The molecule has 2 amide bonds. The average Bonchev–Trinajstić information content (AvgIpc) is 2.72. The lowest BCUT2D eigenvalue weighted by molar-refractivity contribution is -0.141. The van der Waals surface area contributed by atoms with Gasteiger partial charge in [-0.1, -0.05) is 0 Å². The normalized spacial score (nSPS) is 29.5. The number of β-amino-alcohol motifs (C(OH)–C–C–N with tert-alkyl or cyclic N) is 1. The number of aliphatic carboxylic acids is 1. The Hall–Kier alpha value is -1.34. The number of urea groups is 1. The third-order valence-corrected chi connectivity index (χ3v) is 3.20. The van der Waals surface area contributed by atoms with E-state index in [1.54, 1.807) is 4.90 Å². The van der Waals surface area contributed by atoms with Crippen LogP contribution in [-0.4, -0.2) is 76.9 Å². The second-order valence-corrected chi connectivity index (χ2v) is 4.42. The van der Waals surface area contributed by atoms with E-state index in [1.807, 2.05) is 0 Å². The second kappa shape index (κ2) is 4.89. The highest BCUT2D eigenvalue weighted by Gasteiger charge is 2.40. The van der Waals surface area contributed by atoms with Crippen molar-refractivity contribution >= 4 is 12.0 Å². The van der Waals surface area contributed by atoms with E-state index in [0.717, 1.165) is 13.1 Å². The summed E-state index contributed by atoms with van der Waals surface area (Å²) in [4.78, 5) is 26.0. The molecule has 0 unspecified atom stereocenters. The lowest BCUT2D eigenvalue weighted by atomic mass is 10.2. The van der Waals surface area contributed by atoms with Crippen molar-refractivity contribution in [3.05, 3.63) is 0 Å². The minimum atomic E-state index is -1.05. The summed E-state index contributed by atoms with van der Waals surface area (Å²) in [5.41, 5.74) is 0. The topological polar surface area (TPSA) is 93.1 Å². The Morgan fingerprint density at radius 1 is 1.24 bits per heavy atom. The number of likely N-dealkylation sites (tertiary alicyclic amines) is 1. The fourth-order valence-electron chi connectivity index (χ4n) is 2.30. The molecular formula is C10H17N3O4. The molecule has 2 atom stereocenters. The first-order valence-electron chi connectivity index (χ1n) is 5.76. The van der Waals surface area contributed by atoms with E-state index >= 15 is 0 Å². The summed E-state index contributed by atoms with van der Waals surface area (Å²) >= 11 is 0. The number of carboxylic acid groups (broad SMARTS) is 1. The summed E-state index contributed by atoms with van der Waals surface area (Å²) in [5.74, 6) is -1.05. The number of piperazine rings is 1. The molecule has 7 heteroatoms. The van der Waals surface area contributed by atoms with Crippen LogP contribution < -0.4 is 5.32 Å². The summed E-state index contributed by atoms with van der Waals surface area (Å²) in [6.07, 6.45) is -0.615. The zero-order valence-corrected chi connectivity index (χ0v) is 9.50. The number of carbonyl (C=O) groups excluding carboxylic acids is 1. The molecule has 2 aliphatic heterocycles. The lowest BCUT2D eigenvalue weighted by Crippen LogP contribution is -2.53. The quantitative estimate of drug-likeness (QED) is 0.523. The molecule has 0 spiro atoms. The van der Waals surface area contributed by atoms with E-state index < -0.39 is 18.1 Å². The van der Waals surface area contributed by atoms with Crippen LogP contribution >= 0.6 is 0 Å². The van der Waals surface area contributed by atoms with E-state index in [9.17, 15) is 14.7 Å². The van der Waals surface area contributed by atoms with Gasteiger partial charge in [0.2, 0.25) is 0 Å². The number of hydrogen-bond donors (Lipinski definition) is 3. The van der Waals surface area contributed by atoms with Crippen LogP contribution in [-0.2, 0) is 4.79 Å². The Labute approximate surface area is 99.0 Å². The van der Waals surface area contributed by atoms with Crippen molar-refractivity contribution in [1.29, 1.82) is 0 Å². The highest BCUT2D eigenvalue weighted by Crippen LogP contribution is 2.20. The molecule has 7 nitrogen and oxygen atoms in total. The Kier molecular flexibility index (Phi) is 3.49. The number of aliphatic hydroxyl groups is 1. The number of nitrogens with one attached hydrogen (secondary N) is 1. The number of carbonyl (C=O) groups is 2. The second-order valence-electron chi connectivity index (χ2n) is 4.42. The van der Waals surface area contributed by atoms with Crippen LogP contribution in [0, 0.1) is 0 Å². The highest BCUT2D eigenvalue weighted by atomic mass is 16.4. The SMILES string of the molecule is O=C(O)[C@H]1C[C@@H](O)CN1C(=O)N1CCNCC1. The molecule has 2 heterocycles. The third-order valence-electron chi connectivity index (χ3n) is 3.20. The van der Waals surface area contributed by atoms with Gasteiger partial charge in [0.05, 0.1) is 6.10 Å². The molecule has 0 bridgehead atoms. The first kappa shape index (κ1) is 12.1.